The molecule has 0 aliphatic carbocycles. The molecule has 0 aromatic heterocycles. The number of unbranched alkanes of at least 4 members (excludes halogenated alkanes) is 4. The van der Waals surface area contributed by atoms with Crippen LogP contribution in [0.2, 0.25) is 0 Å². The first-order chi connectivity index (χ1) is 7.57. The highest BCUT2D eigenvalue weighted by Crippen LogP contribution is 2.19. The molecule has 0 rings (SSSR count). The third kappa shape index (κ3) is 8.75. The lowest BCUT2D eigenvalue weighted by atomic mass is 9.93. The van der Waals surface area contributed by atoms with E-state index < -0.39 is 5.97 Å². The van der Waals surface area contributed by atoms with Gasteiger partial charge in [0, 0.05) is 0 Å². The molecule has 2 nitrogen and oxygen atoms in total. The average molecular weight is 228 g/mol. The van der Waals surface area contributed by atoms with E-state index in [9.17, 15) is 4.79 Å². The van der Waals surface area contributed by atoms with Crippen molar-refractivity contribution in [3.05, 3.63) is 0 Å². The van der Waals surface area contributed by atoms with Crippen LogP contribution in [0.25, 0.3) is 0 Å². The van der Waals surface area contributed by atoms with Crippen LogP contribution in [-0.2, 0) is 4.79 Å². The highest BCUT2D eigenvalue weighted by atomic mass is 16.4. The van der Waals surface area contributed by atoms with E-state index >= 15 is 0 Å². The fourth-order valence-corrected chi connectivity index (χ4v) is 1.92. The van der Waals surface area contributed by atoms with Crippen LogP contribution in [0.5, 0.6) is 0 Å². The van der Waals surface area contributed by atoms with Crippen molar-refractivity contribution in [1.82, 2.24) is 0 Å². The Hall–Kier alpha value is -0.530. The normalized spacial score (nSPS) is 13.0. The Kier molecular flexibility index (Phi) is 9.36. The number of carboxylic acid groups (broad SMARTS) is 1. The molecule has 0 heterocycles. The van der Waals surface area contributed by atoms with Crippen LogP contribution in [-0.4, -0.2) is 11.1 Å². The van der Waals surface area contributed by atoms with E-state index in [2.05, 4.69) is 20.8 Å². The Labute approximate surface area is 100 Å². The topological polar surface area (TPSA) is 37.3 Å². The molecule has 0 spiro atoms. The standard InChI is InChI=1S/C14H28O2/c1-4-5-6-7-8-9-13(14(15)16)11-10-12(2)3/h12-13H,4-11H2,1-3H3,(H,15,16). The van der Waals surface area contributed by atoms with Gasteiger partial charge in [0.1, 0.15) is 0 Å². The first kappa shape index (κ1) is 15.5. The van der Waals surface area contributed by atoms with Gasteiger partial charge in [0.05, 0.1) is 5.92 Å². The first-order valence-corrected chi connectivity index (χ1v) is 6.80. The van der Waals surface area contributed by atoms with Gasteiger partial charge in [0.15, 0.2) is 0 Å². The van der Waals surface area contributed by atoms with Crippen molar-refractivity contribution in [2.75, 3.05) is 0 Å². The molecular formula is C14H28O2. The van der Waals surface area contributed by atoms with Gasteiger partial charge in [-0.25, -0.2) is 0 Å². The van der Waals surface area contributed by atoms with Crippen LogP contribution < -0.4 is 0 Å². The van der Waals surface area contributed by atoms with Gasteiger partial charge in [0.2, 0.25) is 0 Å². The van der Waals surface area contributed by atoms with Gasteiger partial charge in [0.25, 0.3) is 0 Å². The second-order valence-corrected chi connectivity index (χ2v) is 5.21. The average Bonchev–Trinajstić information content (AvgIpc) is 2.21. The Morgan fingerprint density at radius 2 is 1.62 bits per heavy atom. The molecule has 0 bridgehead atoms. The molecule has 1 atom stereocenters. The SMILES string of the molecule is CCCCCCCC(CCC(C)C)C(=O)O. The molecule has 96 valence electrons. The van der Waals surface area contributed by atoms with Gasteiger partial charge in [-0.3, -0.25) is 4.79 Å². The predicted molar refractivity (Wildman–Crippen MR) is 68.6 cm³/mol. The van der Waals surface area contributed by atoms with E-state index in [1.165, 1.54) is 25.7 Å². The van der Waals surface area contributed by atoms with Crippen LogP contribution >= 0.6 is 0 Å². The summed E-state index contributed by atoms with van der Waals surface area (Å²) in [5, 5.41) is 9.09. The van der Waals surface area contributed by atoms with Crippen molar-refractivity contribution in [2.24, 2.45) is 11.8 Å². The van der Waals surface area contributed by atoms with Crippen LogP contribution in [0.1, 0.15) is 72.1 Å². The lowest BCUT2D eigenvalue weighted by Crippen LogP contribution is -2.14. The summed E-state index contributed by atoms with van der Waals surface area (Å²) < 4.78 is 0. The summed E-state index contributed by atoms with van der Waals surface area (Å²) >= 11 is 0. The zero-order valence-electron chi connectivity index (χ0n) is 11.2. The number of aliphatic carboxylic acids is 1. The number of carbonyl (C=O) groups is 1. The summed E-state index contributed by atoms with van der Waals surface area (Å²) in [6.45, 7) is 6.50. The maximum Gasteiger partial charge on any atom is 0.306 e. The summed E-state index contributed by atoms with van der Waals surface area (Å²) in [6, 6.07) is 0. The molecule has 2 heteroatoms. The summed E-state index contributed by atoms with van der Waals surface area (Å²) in [5.41, 5.74) is 0. The summed E-state index contributed by atoms with van der Waals surface area (Å²) in [5.74, 6) is -0.0953. The van der Waals surface area contributed by atoms with Gasteiger partial charge in [-0.15, -0.1) is 0 Å². The third-order valence-electron chi connectivity index (χ3n) is 3.10. The van der Waals surface area contributed by atoms with Gasteiger partial charge in [-0.05, 0) is 18.8 Å². The number of rotatable bonds is 10. The minimum absolute atomic E-state index is 0.107. The quantitative estimate of drug-likeness (QED) is 0.560. The minimum atomic E-state index is -0.601. The van der Waals surface area contributed by atoms with Crippen LogP contribution in [0.3, 0.4) is 0 Å². The molecule has 0 aromatic rings. The second-order valence-electron chi connectivity index (χ2n) is 5.21. The van der Waals surface area contributed by atoms with Gasteiger partial charge in [-0.2, -0.15) is 0 Å². The molecule has 0 aliphatic rings. The Bertz CT molecular complexity index is 176. The fourth-order valence-electron chi connectivity index (χ4n) is 1.92. The summed E-state index contributed by atoms with van der Waals surface area (Å²) in [7, 11) is 0. The largest absolute Gasteiger partial charge is 0.481 e. The first-order valence-electron chi connectivity index (χ1n) is 6.80. The van der Waals surface area contributed by atoms with Gasteiger partial charge in [-0.1, -0.05) is 59.3 Å². The van der Waals surface area contributed by atoms with Crippen molar-refractivity contribution in [2.45, 2.75) is 72.1 Å². The van der Waals surface area contributed by atoms with E-state index in [0.717, 1.165) is 25.7 Å². The van der Waals surface area contributed by atoms with E-state index in [4.69, 9.17) is 5.11 Å². The monoisotopic (exact) mass is 228 g/mol. The summed E-state index contributed by atoms with van der Waals surface area (Å²) in [4.78, 5) is 11.0. The predicted octanol–water partition coefficient (Wildman–Crippen LogP) is 4.48. The van der Waals surface area contributed by atoms with Gasteiger partial charge >= 0.3 is 5.97 Å². The number of hydrogen-bond donors (Lipinski definition) is 1. The molecule has 0 radical (unpaired) electrons. The van der Waals surface area contributed by atoms with E-state index in [1.807, 2.05) is 0 Å². The zero-order chi connectivity index (χ0) is 12.4. The van der Waals surface area contributed by atoms with Crippen LogP contribution in [0.4, 0.5) is 0 Å². The van der Waals surface area contributed by atoms with E-state index in [-0.39, 0.29) is 5.92 Å². The zero-order valence-corrected chi connectivity index (χ0v) is 11.2. The van der Waals surface area contributed by atoms with Crippen LogP contribution in [0, 0.1) is 11.8 Å². The maximum atomic E-state index is 11.0. The lowest BCUT2D eigenvalue weighted by Gasteiger charge is -2.13. The smallest absolute Gasteiger partial charge is 0.306 e. The van der Waals surface area contributed by atoms with E-state index in [0.29, 0.717) is 5.92 Å². The molecule has 0 aromatic carbocycles. The maximum absolute atomic E-state index is 11.0. The molecule has 0 saturated heterocycles. The lowest BCUT2D eigenvalue weighted by molar-refractivity contribution is -0.142. The molecule has 0 amide bonds. The molecule has 0 saturated carbocycles. The van der Waals surface area contributed by atoms with Gasteiger partial charge < -0.3 is 5.11 Å². The van der Waals surface area contributed by atoms with Crippen molar-refractivity contribution in [3.8, 4) is 0 Å². The Morgan fingerprint density at radius 3 is 2.12 bits per heavy atom. The van der Waals surface area contributed by atoms with Crippen molar-refractivity contribution in [3.63, 3.8) is 0 Å². The molecule has 1 unspecified atom stereocenters. The summed E-state index contributed by atoms with van der Waals surface area (Å²) in [6.07, 6.45) is 8.80. The number of hydrogen-bond acceptors (Lipinski definition) is 1. The second kappa shape index (κ2) is 9.68. The molecule has 0 fully saturated rings. The van der Waals surface area contributed by atoms with Crippen molar-refractivity contribution < 1.29 is 9.90 Å². The Balaban J connectivity index is 3.64. The third-order valence-corrected chi connectivity index (χ3v) is 3.10. The molecule has 1 N–H and O–H groups in total. The minimum Gasteiger partial charge on any atom is -0.481 e. The molecule has 16 heavy (non-hydrogen) atoms. The highest BCUT2D eigenvalue weighted by Gasteiger charge is 2.16. The van der Waals surface area contributed by atoms with Crippen LogP contribution in [0.15, 0.2) is 0 Å². The number of carboxylic acids is 1. The highest BCUT2D eigenvalue weighted by molar-refractivity contribution is 5.69. The van der Waals surface area contributed by atoms with E-state index in [1.54, 1.807) is 0 Å². The fraction of sp³-hybridized carbons (Fsp3) is 0.929. The van der Waals surface area contributed by atoms with Crippen molar-refractivity contribution in [1.29, 1.82) is 0 Å². The molecule has 0 aliphatic heterocycles. The van der Waals surface area contributed by atoms with Crippen molar-refractivity contribution >= 4 is 5.97 Å². The Morgan fingerprint density at radius 1 is 1.00 bits per heavy atom. The molecular weight excluding hydrogens is 200 g/mol.